The van der Waals surface area contributed by atoms with Crippen molar-refractivity contribution in [2.45, 2.75) is 19.9 Å². The predicted molar refractivity (Wildman–Crippen MR) is 71.3 cm³/mol. The number of phenols is 1. The van der Waals surface area contributed by atoms with Crippen molar-refractivity contribution in [3.8, 4) is 5.75 Å². The molecule has 0 amide bonds. The van der Waals surface area contributed by atoms with Gasteiger partial charge < -0.3 is 10.4 Å². The summed E-state index contributed by atoms with van der Waals surface area (Å²) in [6.45, 7) is 4.07. The molecule has 3 heteroatoms. The van der Waals surface area contributed by atoms with Crippen molar-refractivity contribution >= 4 is 5.69 Å². The van der Waals surface area contributed by atoms with Crippen molar-refractivity contribution in [3.63, 3.8) is 0 Å². The van der Waals surface area contributed by atoms with Gasteiger partial charge in [-0.1, -0.05) is 24.3 Å². The molecule has 0 heterocycles. The summed E-state index contributed by atoms with van der Waals surface area (Å²) in [6, 6.07) is 12.5. The van der Waals surface area contributed by atoms with Gasteiger partial charge >= 0.3 is 0 Å². The molecular weight excluding hydrogens is 229 g/mol. The van der Waals surface area contributed by atoms with E-state index in [2.05, 4.69) is 5.32 Å². The highest BCUT2D eigenvalue weighted by molar-refractivity contribution is 5.49. The maximum absolute atomic E-state index is 13.2. The van der Waals surface area contributed by atoms with Crippen LogP contribution in [-0.2, 0) is 0 Å². The van der Waals surface area contributed by atoms with Crippen LogP contribution in [0.4, 0.5) is 10.1 Å². The van der Waals surface area contributed by atoms with Gasteiger partial charge in [0.15, 0.2) is 11.6 Å². The molecule has 0 spiro atoms. The van der Waals surface area contributed by atoms with Crippen molar-refractivity contribution in [1.82, 2.24) is 0 Å². The third kappa shape index (κ3) is 2.62. The molecule has 18 heavy (non-hydrogen) atoms. The molecule has 2 rings (SSSR count). The normalized spacial score (nSPS) is 12.2. The lowest BCUT2D eigenvalue weighted by molar-refractivity contribution is 0.432. The van der Waals surface area contributed by atoms with E-state index in [0.29, 0.717) is 5.69 Å². The van der Waals surface area contributed by atoms with Crippen LogP contribution in [0.1, 0.15) is 24.1 Å². The molecule has 94 valence electrons. The first-order chi connectivity index (χ1) is 8.58. The second kappa shape index (κ2) is 5.08. The molecule has 0 bridgehead atoms. The summed E-state index contributed by atoms with van der Waals surface area (Å²) in [5.74, 6) is -0.943. The fourth-order valence-electron chi connectivity index (χ4n) is 2.00. The lowest BCUT2D eigenvalue weighted by Crippen LogP contribution is -2.08. The highest BCUT2D eigenvalue weighted by Crippen LogP contribution is 2.25. The Kier molecular flexibility index (Phi) is 3.51. The van der Waals surface area contributed by atoms with Crippen LogP contribution in [0.5, 0.6) is 5.75 Å². The summed E-state index contributed by atoms with van der Waals surface area (Å²) in [6.07, 6.45) is 0. The molecule has 0 aliphatic heterocycles. The molecule has 0 aliphatic rings. The molecule has 2 aromatic carbocycles. The Morgan fingerprint density at radius 1 is 1.17 bits per heavy atom. The summed E-state index contributed by atoms with van der Waals surface area (Å²) < 4.78 is 13.2. The topological polar surface area (TPSA) is 32.3 Å². The quantitative estimate of drug-likeness (QED) is 0.801. The highest BCUT2D eigenvalue weighted by atomic mass is 19.1. The van der Waals surface area contributed by atoms with Gasteiger partial charge in [-0.3, -0.25) is 0 Å². The zero-order valence-corrected chi connectivity index (χ0v) is 10.4. The number of rotatable bonds is 3. The second-order valence-corrected chi connectivity index (χ2v) is 4.39. The van der Waals surface area contributed by atoms with Crippen molar-refractivity contribution in [3.05, 3.63) is 59.4 Å². The van der Waals surface area contributed by atoms with E-state index in [0.717, 1.165) is 0 Å². The summed E-state index contributed by atoms with van der Waals surface area (Å²) >= 11 is 0. The fraction of sp³-hybridized carbons (Fsp3) is 0.200. The first-order valence-electron chi connectivity index (χ1n) is 5.88. The van der Waals surface area contributed by atoms with Crippen LogP contribution in [0.15, 0.2) is 42.5 Å². The number of aryl methyl sites for hydroxylation is 1. The monoisotopic (exact) mass is 245 g/mol. The molecule has 2 aromatic rings. The lowest BCUT2D eigenvalue weighted by atomic mass is 10.0. The van der Waals surface area contributed by atoms with Gasteiger partial charge in [0.05, 0.1) is 0 Å². The summed E-state index contributed by atoms with van der Waals surface area (Å²) in [5, 5.41) is 12.4. The number of hydrogen-bond acceptors (Lipinski definition) is 2. The standard InChI is InChI=1S/C15H16FNO/c1-10-5-3-4-6-13(10)11(2)17-12-7-8-15(18)14(16)9-12/h3-9,11,17-18H,1-2H3. The molecule has 0 saturated heterocycles. The van der Waals surface area contributed by atoms with Crippen LogP contribution in [0.25, 0.3) is 0 Å². The number of nitrogens with one attached hydrogen (secondary N) is 1. The van der Waals surface area contributed by atoms with Gasteiger partial charge in [-0.2, -0.15) is 0 Å². The van der Waals surface area contributed by atoms with E-state index in [1.165, 1.54) is 23.3 Å². The van der Waals surface area contributed by atoms with Gasteiger partial charge in [-0.15, -0.1) is 0 Å². The minimum absolute atomic E-state index is 0.0788. The van der Waals surface area contributed by atoms with E-state index in [9.17, 15) is 4.39 Å². The average Bonchev–Trinajstić information content (AvgIpc) is 2.34. The van der Waals surface area contributed by atoms with Gasteiger partial charge in [0.25, 0.3) is 0 Å². The van der Waals surface area contributed by atoms with Crippen LogP contribution in [-0.4, -0.2) is 5.11 Å². The van der Waals surface area contributed by atoms with E-state index < -0.39 is 5.82 Å². The molecule has 0 saturated carbocycles. The predicted octanol–water partition coefficient (Wildman–Crippen LogP) is 4.01. The number of anilines is 1. The molecule has 0 fully saturated rings. The number of hydrogen-bond donors (Lipinski definition) is 2. The fourth-order valence-corrected chi connectivity index (χ4v) is 2.00. The van der Waals surface area contributed by atoms with Crippen LogP contribution in [0.3, 0.4) is 0 Å². The first kappa shape index (κ1) is 12.4. The first-order valence-corrected chi connectivity index (χ1v) is 5.88. The largest absolute Gasteiger partial charge is 0.505 e. The van der Waals surface area contributed by atoms with Gasteiger partial charge in [-0.25, -0.2) is 4.39 Å². The van der Waals surface area contributed by atoms with E-state index >= 15 is 0 Å². The molecule has 0 aromatic heterocycles. The van der Waals surface area contributed by atoms with Gasteiger partial charge in [0.1, 0.15) is 0 Å². The Labute approximate surface area is 106 Å². The molecule has 2 nitrogen and oxygen atoms in total. The van der Waals surface area contributed by atoms with E-state index in [4.69, 9.17) is 5.11 Å². The SMILES string of the molecule is Cc1ccccc1C(C)Nc1ccc(O)c(F)c1. The lowest BCUT2D eigenvalue weighted by Gasteiger charge is -2.18. The van der Waals surface area contributed by atoms with Crippen molar-refractivity contribution in [2.75, 3.05) is 5.32 Å². The van der Waals surface area contributed by atoms with Crippen LogP contribution in [0.2, 0.25) is 0 Å². The third-order valence-electron chi connectivity index (χ3n) is 2.99. The van der Waals surface area contributed by atoms with Crippen LogP contribution >= 0.6 is 0 Å². The molecule has 0 aliphatic carbocycles. The summed E-state index contributed by atoms with van der Waals surface area (Å²) in [7, 11) is 0. The van der Waals surface area contributed by atoms with Gasteiger partial charge in [0, 0.05) is 17.8 Å². The molecule has 1 atom stereocenters. The molecule has 1 unspecified atom stereocenters. The number of benzene rings is 2. The van der Waals surface area contributed by atoms with Crippen molar-refractivity contribution in [2.24, 2.45) is 0 Å². The Morgan fingerprint density at radius 3 is 2.56 bits per heavy atom. The average molecular weight is 245 g/mol. The Bertz CT molecular complexity index is 554. The second-order valence-electron chi connectivity index (χ2n) is 4.39. The molecule has 0 radical (unpaired) electrons. The zero-order chi connectivity index (χ0) is 13.1. The zero-order valence-electron chi connectivity index (χ0n) is 10.4. The third-order valence-corrected chi connectivity index (χ3v) is 2.99. The van der Waals surface area contributed by atoms with Crippen molar-refractivity contribution < 1.29 is 9.50 Å². The van der Waals surface area contributed by atoms with Gasteiger partial charge in [-0.05, 0) is 37.1 Å². The van der Waals surface area contributed by atoms with Crippen LogP contribution in [0, 0.1) is 12.7 Å². The van der Waals surface area contributed by atoms with E-state index in [1.807, 2.05) is 38.1 Å². The number of halogens is 1. The Balaban J connectivity index is 2.19. The maximum atomic E-state index is 13.2. The van der Waals surface area contributed by atoms with Crippen molar-refractivity contribution in [1.29, 1.82) is 0 Å². The van der Waals surface area contributed by atoms with Crippen LogP contribution < -0.4 is 5.32 Å². The Hall–Kier alpha value is -2.03. The molecule has 2 N–H and O–H groups in total. The number of phenolic OH excluding ortho intramolecular Hbond substituents is 1. The minimum atomic E-state index is -0.614. The minimum Gasteiger partial charge on any atom is -0.505 e. The highest BCUT2D eigenvalue weighted by Gasteiger charge is 2.09. The van der Waals surface area contributed by atoms with Gasteiger partial charge in [0.2, 0.25) is 0 Å². The van der Waals surface area contributed by atoms with E-state index in [1.54, 1.807) is 6.07 Å². The Morgan fingerprint density at radius 2 is 1.89 bits per heavy atom. The summed E-state index contributed by atoms with van der Waals surface area (Å²) in [5.41, 5.74) is 3.02. The smallest absolute Gasteiger partial charge is 0.166 e. The maximum Gasteiger partial charge on any atom is 0.166 e. The summed E-state index contributed by atoms with van der Waals surface area (Å²) in [4.78, 5) is 0. The molecular formula is C15H16FNO. The van der Waals surface area contributed by atoms with E-state index in [-0.39, 0.29) is 11.8 Å². The number of aromatic hydroxyl groups is 1.